The number of hydrogen-bond acceptors (Lipinski definition) is 7. The van der Waals surface area contributed by atoms with E-state index in [9.17, 15) is 18.8 Å². The Kier molecular flexibility index (Phi) is 8.10. The van der Waals surface area contributed by atoms with E-state index in [2.05, 4.69) is 25.6 Å². The molecular formula is C31H25F2N5O5. The summed E-state index contributed by atoms with van der Waals surface area (Å²) >= 11 is 0. The van der Waals surface area contributed by atoms with Gasteiger partial charge in [0.1, 0.15) is 22.6 Å². The lowest BCUT2D eigenvalue weighted by Crippen LogP contribution is -2.23. The molecule has 0 aliphatic carbocycles. The average Bonchev–Trinajstić information content (AvgIpc) is 2.99. The number of ether oxygens (including phenoxy) is 2. The molecule has 3 heterocycles. The molecule has 218 valence electrons. The number of carbonyl (C=O) groups excluding carboxylic acids is 2. The van der Waals surface area contributed by atoms with Crippen LogP contribution in [0.25, 0.3) is 22.2 Å². The van der Waals surface area contributed by atoms with Gasteiger partial charge >= 0.3 is 0 Å². The highest BCUT2D eigenvalue weighted by Gasteiger charge is 2.19. The van der Waals surface area contributed by atoms with E-state index < -0.39 is 23.0 Å². The zero-order valence-electron chi connectivity index (χ0n) is 23.2. The van der Waals surface area contributed by atoms with Crippen LogP contribution in [0.3, 0.4) is 0 Å². The van der Waals surface area contributed by atoms with Gasteiger partial charge in [-0.2, -0.15) is 0 Å². The number of nitrogens with zero attached hydrogens (tertiary/aromatic N) is 2. The second-order valence-corrected chi connectivity index (χ2v) is 9.40. The van der Waals surface area contributed by atoms with Crippen molar-refractivity contribution in [1.82, 2.24) is 20.3 Å². The van der Waals surface area contributed by atoms with Gasteiger partial charge in [0.15, 0.2) is 17.3 Å². The largest absolute Gasteiger partial charge is 0.495 e. The predicted molar refractivity (Wildman–Crippen MR) is 155 cm³/mol. The van der Waals surface area contributed by atoms with Crippen molar-refractivity contribution in [2.45, 2.75) is 13.3 Å². The van der Waals surface area contributed by atoms with Crippen LogP contribution < -0.4 is 25.5 Å². The van der Waals surface area contributed by atoms with Crippen LogP contribution in [0.15, 0.2) is 71.8 Å². The number of aryl methyl sites for hydroxylation is 1. The number of likely N-dealkylation sites (N-methyl/N-ethyl adjacent to an activating group) is 1. The van der Waals surface area contributed by atoms with Crippen molar-refractivity contribution in [2.24, 2.45) is 0 Å². The Morgan fingerprint density at radius 1 is 1.00 bits per heavy atom. The maximum absolute atomic E-state index is 15.2. The molecule has 12 heteroatoms. The molecule has 0 atom stereocenters. The van der Waals surface area contributed by atoms with Gasteiger partial charge in [0, 0.05) is 54.6 Å². The van der Waals surface area contributed by atoms with E-state index in [1.54, 1.807) is 13.0 Å². The van der Waals surface area contributed by atoms with Gasteiger partial charge in [-0.05, 0) is 36.8 Å². The smallest absolute Gasteiger partial charge is 0.261 e. The van der Waals surface area contributed by atoms with Crippen molar-refractivity contribution >= 4 is 28.5 Å². The van der Waals surface area contributed by atoms with Crippen LogP contribution in [-0.2, 0) is 11.2 Å². The normalized spacial score (nSPS) is 10.8. The first-order valence-electron chi connectivity index (χ1n) is 13.0. The Bertz CT molecular complexity index is 1930. The minimum atomic E-state index is -0.799. The molecule has 0 saturated carbocycles. The highest BCUT2D eigenvalue weighted by molar-refractivity contribution is 6.04. The summed E-state index contributed by atoms with van der Waals surface area (Å²) in [7, 11) is 2.95. The topological polar surface area (TPSA) is 135 Å². The molecule has 10 nitrogen and oxygen atoms in total. The minimum Gasteiger partial charge on any atom is -0.495 e. The molecule has 0 aliphatic rings. The molecule has 5 rings (SSSR count). The summed E-state index contributed by atoms with van der Waals surface area (Å²) in [6, 6.07) is 12.2. The van der Waals surface area contributed by atoms with E-state index in [0.717, 1.165) is 6.07 Å². The van der Waals surface area contributed by atoms with Crippen molar-refractivity contribution in [2.75, 3.05) is 19.5 Å². The summed E-state index contributed by atoms with van der Waals surface area (Å²) < 4.78 is 39.7. The molecule has 0 spiro atoms. The van der Waals surface area contributed by atoms with Crippen molar-refractivity contribution < 1.29 is 27.8 Å². The third kappa shape index (κ3) is 6.03. The SMILES string of the molecule is CNC(=O)Cc1nc2c(Oc3ccc(NC(=O)c4c[nH]c(C)c(-c5ccc(F)cc5)c4=O)cc3F)ccnc2cc1OC. The first-order chi connectivity index (χ1) is 20.7. The first-order valence-corrected chi connectivity index (χ1v) is 13.0. The van der Waals surface area contributed by atoms with Gasteiger partial charge in [0.2, 0.25) is 11.3 Å². The van der Waals surface area contributed by atoms with E-state index in [1.807, 2.05) is 0 Å². The van der Waals surface area contributed by atoms with Gasteiger partial charge in [-0.15, -0.1) is 0 Å². The molecule has 3 aromatic heterocycles. The van der Waals surface area contributed by atoms with Crippen LogP contribution in [0, 0.1) is 18.6 Å². The van der Waals surface area contributed by atoms with Gasteiger partial charge < -0.3 is 25.1 Å². The van der Waals surface area contributed by atoms with E-state index in [4.69, 9.17) is 9.47 Å². The molecule has 0 saturated heterocycles. The second kappa shape index (κ2) is 12.1. The molecule has 5 aromatic rings. The third-order valence-corrected chi connectivity index (χ3v) is 6.61. The quantitative estimate of drug-likeness (QED) is 0.235. The van der Waals surface area contributed by atoms with Gasteiger partial charge in [0.25, 0.3) is 5.91 Å². The van der Waals surface area contributed by atoms with E-state index in [1.165, 1.54) is 69.0 Å². The fourth-order valence-electron chi connectivity index (χ4n) is 4.43. The monoisotopic (exact) mass is 585 g/mol. The number of aromatic amines is 1. The van der Waals surface area contributed by atoms with Crippen molar-refractivity contribution in [3.63, 3.8) is 0 Å². The Balaban J connectivity index is 1.40. The van der Waals surface area contributed by atoms with Crippen LogP contribution in [-0.4, -0.2) is 40.9 Å². The van der Waals surface area contributed by atoms with E-state index >= 15 is 4.39 Å². The molecule has 0 aliphatic heterocycles. The Hall–Kier alpha value is -5.65. The van der Waals surface area contributed by atoms with Gasteiger partial charge in [-0.25, -0.2) is 13.8 Å². The zero-order valence-corrected chi connectivity index (χ0v) is 23.2. The van der Waals surface area contributed by atoms with Gasteiger partial charge in [-0.3, -0.25) is 19.4 Å². The molecule has 3 N–H and O–H groups in total. The van der Waals surface area contributed by atoms with Crippen molar-refractivity contribution in [3.05, 3.63) is 106 Å². The maximum Gasteiger partial charge on any atom is 0.261 e. The number of anilines is 1. The molecular weight excluding hydrogens is 560 g/mol. The third-order valence-electron chi connectivity index (χ3n) is 6.61. The highest BCUT2D eigenvalue weighted by Crippen LogP contribution is 2.33. The molecule has 0 bridgehead atoms. The lowest BCUT2D eigenvalue weighted by Gasteiger charge is -2.13. The van der Waals surface area contributed by atoms with Gasteiger partial charge in [0.05, 0.1) is 24.7 Å². The molecule has 0 fully saturated rings. The molecule has 43 heavy (non-hydrogen) atoms. The van der Waals surface area contributed by atoms with Crippen molar-refractivity contribution in [1.29, 1.82) is 0 Å². The molecule has 0 radical (unpaired) electrons. The summed E-state index contributed by atoms with van der Waals surface area (Å²) in [5.41, 5.74) is 1.51. The highest BCUT2D eigenvalue weighted by atomic mass is 19.1. The fourth-order valence-corrected chi connectivity index (χ4v) is 4.43. The van der Waals surface area contributed by atoms with Crippen LogP contribution >= 0.6 is 0 Å². The number of methoxy groups -OCH3 is 1. The lowest BCUT2D eigenvalue weighted by molar-refractivity contribution is -0.120. The summed E-state index contributed by atoms with van der Waals surface area (Å²) in [5, 5.41) is 5.05. The number of halogens is 2. The summed E-state index contributed by atoms with van der Waals surface area (Å²) in [6.07, 6.45) is 2.67. The molecule has 0 unspecified atom stereocenters. The van der Waals surface area contributed by atoms with E-state index in [0.29, 0.717) is 28.2 Å². The minimum absolute atomic E-state index is 0.0537. The number of hydrogen-bond donors (Lipinski definition) is 3. The fraction of sp³-hybridized carbons (Fsp3) is 0.129. The number of carbonyl (C=O) groups is 2. The van der Waals surface area contributed by atoms with Crippen molar-refractivity contribution in [3.8, 4) is 28.4 Å². The number of H-pyrrole nitrogens is 1. The summed E-state index contributed by atoms with van der Waals surface area (Å²) in [4.78, 5) is 49.8. The number of fused-ring (bicyclic) bond motifs is 1. The van der Waals surface area contributed by atoms with Gasteiger partial charge in [-0.1, -0.05) is 12.1 Å². The second-order valence-electron chi connectivity index (χ2n) is 9.40. The number of amides is 2. The molecule has 2 aromatic carbocycles. The van der Waals surface area contributed by atoms with E-state index in [-0.39, 0.29) is 46.2 Å². The number of benzene rings is 2. The molecule has 2 amide bonds. The Morgan fingerprint density at radius 3 is 2.47 bits per heavy atom. The Labute approximate surface area is 243 Å². The number of pyridine rings is 3. The number of rotatable bonds is 8. The van der Waals surface area contributed by atoms with Crippen LogP contribution in [0.1, 0.15) is 21.7 Å². The average molecular weight is 586 g/mol. The van der Waals surface area contributed by atoms with Crippen LogP contribution in [0.5, 0.6) is 17.2 Å². The predicted octanol–water partition coefficient (Wildman–Crippen LogP) is 4.91. The van der Waals surface area contributed by atoms with Crippen LogP contribution in [0.2, 0.25) is 0 Å². The lowest BCUT2D eigenvalue weighted by atomic mass is 10.0. The van der Waals surface area contributed by atoms with Crippen LogP contribution in [0.4, 0.5) is 14.5 Å². The zero-order chi connectivity index (χ0) is 30.7. The number of nitrogens with one attached hydrogen (secondary N) is 3. The summed E-state index contributed by atoms with van der Waals surface area (Å²) in [5.74, 6) is -1.92. The summed E-state index contributed by atoms with van der Waals surface area (Å²) in [6.45, 7) is 1.66. The number of aromatic nitrogens is 3. The standard InChI is InChI=1S/C31H25F2N5O5/c1-16-28(17-4-6-18(32)7-5-17)30(40)20(15-36-16)31(41)37-19-8-9-24(21(33)12-19)43-25-10-11-35-23-13-26(42-3)22(38-29(23)25)14-27(39)34-2/h4-13,15H,14H2,1-3H3,(H,34,39)(H,36,40)(H,37,41). The first kappa shape index (κ1) is 28.9. The maximum atomic E-state index is 15.2. The Morgan fingerprint density at radius 2 is 1.77 bits per heavy atom.